The minimum Gasteiger partial charge on any atom is -0.376 e. The first kappa shape index (κ1) is 21.4. The number of ether oxygens (including phenoxy) is 1. The van der Waals surface area contributed by atoms with E-state index in [-0.39, 0.29) is 12.0 Å². The van der Waals surface area contributed by atoms with E-state index < -0.39 is 0 Å². The second kappa shape index (κ2) is 9.27. The molecule has 8 heteroatoms. The van der Waals surface area contributed by atoms with Gasteiger partial charge in [0.05, 0.1) is 18.4 Å². The Morgan fingerprint density at radius 2 is 1.97 bits per heavy atom. The molecule has 0 radical (unpaired) electrons. The van der Waals surface area contributed by atoms with Gasteiger partial charge in [0.25, 0.3) is 0 Å². The number of carbonyl (C=O) groups is 1. The third-order valence-electron chi connectivity index (χ3n) is 6.77. The first-order chi connectivity index (χ1) is 16.8. The summed E-state index contributed by atoms with van der Waals surface area (Å²) in [5.41, 5.74) is 4.68. The molecule has 2 aromatic heterocycles. The molecule has 4 heterocycles. The van der Waals surface area contributed by atoms with Crippen LogP contribution in [-0.4, -0.2) is 55.6 Å². The minimum absolute atomic E-state index is 0.139. The van der Waals surface area contributed by atoms with Gasteiger partial charge in [-0.3, -0.25) is 9.36 Å². The summed E-state index contributed by atoms with van der Waals surface area (Å²) in [5.74, 6) is 1.30. The van der Waals surface area contributed by atoms with Gasteiger partial charge in [0, 0.05) is 42.4 Å². The SMILES string of the molecule is O=C(CSc1nnc(-c2c[nH]c3ccccc23)n1CC1CCCO1)N1CCc2ccccc2C1. The van der Waals surface area contributed by atoms with Gasteiger partial charge in [0.2, 0.25) is 5.91 Å². The number of nitrogens with zero attached hydrogens (tertiary/aromatic N) is 4. The van der Waals surface area contributed by atoms with E-state index >= 15 is 0 Å². The summed E-state index contributed by atoms with van der Waals surface area (Å²) in [6.07, 6.45) is 5.15. The number of hydrogen-bond donors (Lipinski definition) is 1. The van der Waals surface area contributed by atoms with Crippen molar-refractivity contribution in [2.45, 2.75) is 43.6 Å². The van der Waals surface area contributed by atoms with Crippen LogP contribution < -0.4 is 0 Å². The van der Waals surface area contributed by atoms with Crippen LogP contribution in [0.3, 0.4) is 0 Å². The van der Waals surface area contributed by atoms with E-state index in [0.29, 0.717) is 18.8 Å². The minimum atomic E-state index is 0.139. The molecule has 1 fully saturated rings. The molecular weight excluding hydrogens is 446 g/mol. The highest BCUT2D eigenvalue weighted by Gasteiger charge is 2.25. The molecule has 0 spiro atoms. The van der Waals surface area contributed by atoms with E-state index in [1.165, 1.54) is 22.9 Å². The Morgan fingerprint density at radius 1 is 1.12 bits per heavy atom. The van der Waals surface area contributed by atoms with Gasteiger partial charge in [-0.2, -0.15) is 0 Å². The second-order valence-corrected chi connectivity index (χ2v) is 9.86. The number of amides is 1. The number of rotatable bonds is 6. The summed E-state index contributed by atoms with van der Waals surface area (Å²) in [7, 11) is 0. The van der Waals surface area contributed by atoms with E-state index in [1.807, 2.05) is 29.3 Å². The molecule has 34 heavy (non-hydrogen) atoms. The van der Waals surface area contributed by atoms with Gasteiger partial charge >= 0.3 is 0 Å². The van der Waals surface area contributed by atoms with Crippen molar-refractivity contribution in [3.8, 4) is 11.4 Å². The summed E-state index contributed by atoms with van der Waals surface area (Å²) in [4.78, 5) is 18.4. The summed E-state index contributed by atoms with van der Waals surface area (Å²) in [6, 6.07) is 16.6. The Bertz CT molecular complexity index is 1320. The molecule has 1 unspecified atom stereocenters. The first-order valence-electron chi connectivity index (χ1n) is 11.8. The van der Waals surface area contributed by atoms with E-state index in [1.54, 1.807) is 0 Å². The van der Waals surface area contributed by atoms with Gasteiger partial charge in [-0.05, 0) is 36.5 Å². The average Bonchev–Trinajstić information content (AvgIpc) is 3.63. The summed E-state index contributed by atoms with van der Waals surface area (Å²) in [6.45, 7) is 2.93. The predicted octanol–water partition coefficient (Wildman–Crippen LogP) is 4.28. The van der Waals surface area contributed by atoms with Crippen molar-refractivity contribution in [1.29, 1.82) is 0 Å². The predicted molar refractivity (Wildman–Crippen MR) is 133 cm³/mol. The summed E-state index contributed by atoms with van der Waals surface area (Å²) in [5, 5.41) is 11.0. The lowest BCUT2D eigenvalue weighted by molar-refractivity contribution is -0.129. The molecule has 1 N–H and O–H groups in total. The molecule has 4 aromatic rings. The smallest absolute Gasteiger partial charge is 0.233 e. The monoisotopic (exact) mass is 473 g/mol. The third-order valence-corrected chi connectivity index (χ3v) is 7.72. The van der Waals surface area contributed by atoms with Gasteiger partial charge in [-0.25, -0.2) is 0 Å². The number of hydrogen-bond acceptors (Lipinski definition) is 5. The van der Waals surface area contributed by atoms with Crippen LogP contribution in [0.1, 0.15) is 24.0 Å². The Morgan fingerprint density at radius 3 is 2.85 bits per heavy atom. The van der Waals surface area contributed by atoms with Gasteiger partial charge < -0.3 is 14.6 Å². The third kappa shape index (κ3) is 4.12. The van der Waals surface area contributed by atoms with Crippen LogP contribution in [0.4, 0.5) is 0 Å². The fraction of sp³-hybridized carbons (Fsp3) is 0.346. The van der Waals surface area contributed by atoms with Crippen molar-refractivity contribution in [2.24, 2.45) is 0 Å². The highest BCUT2D eigenvalue weighted by Crippen LogP contribution is 2.31. The lowest BCUT2D eigenvalue weighted by Gasteiger charge is -2.28. The van der Waals surface area contributed by atoms with Crippen LogP contribution in [0.5, 0.6) is 0 Å². The normalized spacial score (nSPS) is 17.9. The van der Waals surface area contributed by atoms with E-state index in [2.05, 4.69) is 50.1 Å². The number of carbonyl (C=O) groups excluding carboxylic acids is 1. The molecule has 1 amide bonds. The highest BCUT2D eigenvalue weighted by molar-refractivity contribution is 7.99. The van der Waals surface area contributed by atoms with E-state index in [4.69, 9.17) is 4.74 Å². The molecule has 0 bridgehead atoms. The lowest BCUT2D eigenvalue weighted by Crippen LogP contribution is -2.37. The number of nitrogens with one attached hydrogen (secondary N) is 1. The average molecular weight is 474 g/mol. The maximum atomic E-state index is 13.1. The molecule has 2 aliphatic heterocycles. The molecule has 0 saturated carbocycles. The van der Waals surface area contributed by atoms with Crippen LogP contribution in [0.15, 0.2) is 59.9 Å². The number of para-hydroxylation sites is 1. The molecular formula is C26H27N5O2S. The largest absolute Gasteiger partial charge is 0.376 e. The van der Waals surface area contributed by atoms with Crippen LogP contribution in [-0.2, 0) is 29.0 Å². The molecule has 1 saturated heterocycles. The van der Waals surface area contributed by atoms with Crippen LogP contribution >= 0.6 is 11.8 Å². The Labute approximate surface area is 202 Å². The maximum absolute atomic E-state index is 13.1. The zero-order valence-electron chi connectivity index (χ0n) is 18.9. The molecule has 174 valence electrons. The molecule has 2 aliphatic rings. The van der Waals surface area contributed by atoms with Crippen molar-refractivity contribution < 1.29 is 9.53 Å². The molecule has 6 rings (SSSR count). The van der Waals surface area contributed by atoms with Crippen molar-refractivity contribution in [3.05, 3.63) is 65.9 Å². The standard InChI is InChI=1S/C26H27N5O2S/c32-24(30-12-11-18-6-1-2-7-19(18)15-30)17-34-26-29-28-25(31(26)16-20-8-5-13-33-20)22-14-27-23-10-4-3-9-21(22)23/h1-4,6-7,9-10,14,20,27H,5,8,11-13,15-17H2. The van der Waals surface area contributed by atoms with Gasteiger partial charge in [-0.15, -0.1) is 10.2 Å². The number of H-pyrrole nitrogens is 1. The Balaban J connectivity index is 1.23. The van der Waals surface area contributed by atoms with Crippen LogP contribution in [0.25, 0.3) is 22.3 Å². The summed E-state index contributed by atoms with van der Waals surface area (Å²) < 4.78 is 8.06. The molecule has 2 aromatic carbocycles. The first-order valence-corrected chi connectivity index (χ1v) is 12.8. The van der Waals surface area contributed by atoms with Gasteiger partial charge in [-0.1, -0.05) is 54.2 Å². The Kier molecular flexibility index (Phi) is 5.84. The highest BCUT2D eigenvalue weighted by atomic mass is 32.2. The van der Waals surface area contributed by atoms with Crippen molar-refractivity contribution in [1.82, 2.24) is 24.6 Å². The second-order valence-electron chi connectivity index (χ2n) is 8.92. The quantitative estimate of drug-likeness (QED) is 0.423. The topological polar surface area (TPSA) is 76.0 Å². The number of benzene rings is 2. The van der Waals surface area contributed by atoms with Gasteiger partial charge in [0.1, 0.15) is 0 Å². The Hall–Kier alpha value is -3.10. The van der Waals surface area contributed by atoms with Crippen molar-refractivity contribution in [3.63, 3.8) is 0 Å². The van der Waals surface area contributed by atoms with Crippen molar-refractivity contribution in [2.75, 3.05) is 18.9 Å². The molecule has 7 nitrogen and oxygen atoms in total. The lowest BCUT2D eigenvalue weighted by atomic mass is 10.00. The fourth-order valence-corrected chi connectivity index (χ4v) is 5.78. The number of aromatic amines is 1. The van der Waals surface area contributed by atoms with Crippen LogP contribution in [0, 0.1) is 0 Å². The fourth-order valence-electron chi connectivity index (χ4n) is 4.93. The van der Waals surface area contributed by atoms with Gasteiger partial charge in [0.15, 0.2) is 11.0 Å². The van der Waals surface area contributed by atoms with E-state index in [0.717, 1.165) is 59.9 Å². The zero-order valence-corrected chi connectivity index (χ0v) is 19.8. The molecule has 0 aliphatic carbocycles. The van der Waals surface area contributed by atoms with E-state index in [9.17, 15) is 4.79 Å². The number of thioether (sulfide) groups is 1. The molecule has 1 atom stereocenters. The zero-order chi connectivity index (χ0) is 22.9. The van der Waals surface area contributed by atoms with Crippen LogP contribution in [0.2, 0.25) is 0 Å². The maximum Gasteiger partial charge on any atom is 0.233 e. The number of aromatic nitrogens is 4. The van der Waals surface area contributed by atoms with Crippen molar-refractivity contribution >= 4 is 28.6 Å². The number of fused-ring (bicyclic) bond motifs is 2. The summed E-state index contributed by atoms with van der Waals surface area (Å²) >= 11 is 1.47.